The fourth-order valence-electron chi connectivity index (χ4n) is 2.61. The number of aromatic nitrogens is 3. The van der Waals surface area contributed by atoms with Gasteiger partial charge in [0.15, 0.2) is 0 Å². The molecule has 0 aliphatic carbocycles. The van der Waals surface area contributed by atoms with E-state index in [1.165, 1.54) is 18.0 Å². The van der Waals surface area contributed by atoms with Gasteiger partial charge in [0.2, 0.25) is 5.95 Å². The van der Waals surface area contributed by atoms with E-state index >= 15 is 0 Å². The number of anilines is 1. The van der Waals surface area contributed by atoms with Gasteiger partial charge in [0.05, 0.1) is 6.61 Å². The average Bonchev–Trinajstić information content (AvgIpc) is 2.96. The third-order valence-electron chi connectivity index (χ3n) is 3.92. The van der Waals surface area contributed by atoms with Crippen LogP contribution in [0.1, 0.15) is 23.1 Å². The van der Waals surface area contributed by atoms with Crippen molar-refractivity contribution in [2.45, 2.75) is 18.0 Å². The Hall–Kier alpha value is -3.00. The van der Waals surface area contributed by atoms with E-state index in [1.807, 2.05) is 6.92 Å². The smallest absolute Gasteiger partial charge is 0.273 e. The number of nitrogens with zero attached hydrogens (tertiary/aromatic N) is 4. The molecule has 3 heterocycles. The fourth-order valence-corrected chi connectivity index (χ4v) is 3.48. The van der Waals surface area contributed by atoms with Crippen molar-refractivity contribution in [1.29, 1.82) is 5.26 Å². The van der Waals surface area contributed by atoms with Gasteiger partial charge in [-0.2, -0.15) is 9.65 Å². The number of carbonyl (C=O) groups is 1. The van der Waals surface area contributed by atoms with E-state index in [4.69, 9.17) is 5.26 Å². The highest BCUT2D eigenvalue weighted by molar-refractivity contribution is 7.97. The summed E-state index contributed by atoms with van der Waals surface area (Å²) >= 11 is 1.26. The number of pyridine rings is 2. The van der Waals surface area contributed by atoms with Gasteiger partial charge in [0.25, 0.3) is 5.91 Å². The van der Waals surface area contributed by atoms with Crippen molar-refractivity contribution in [2.75, 3.05) is 11.9 Å². The topological polar surface area (TPSA) is 116 Å². The van der Waals surface area contributed by atoms with Crippen LogP contribution < -0.4 is 10.0 Å². The zero-order valence-electron chi connectivity index (χ0n) is 15.1. The predicted octanol–water partition coefficient (Wildman–Crippen LogP) is 2.21. The van der Waals surface area contributed by atoms with Crippen molar-refractivity contribution in [2.24, 2.45) is 7.05 Å². The Balaban J connectivity index is 1.98. The number of carbonyl (C=O) groups excluding carboxylic acids is 1. The molecule has 0 saturated carbocycles. The molecule has 3 aromatic rings. The Morgan fingerprint density at radius 3 is 3.00 bits per heavy atom. The van der Waals surface area contributed by atoms with Gasteiger partial charge < -0.3 is 15.0 Å². The first-order valence-electron chi connectivity index (χ1n) is 8.30. The van der Waals surface area contributed by atoms with E-state index in [2.05, 4.69) is 20.0 Å². The van der Waals surface area contributed by atoms with Gasteiger partial charge in [0.1, 0.15) is 28.0 Å². The van der Waals surface area contributed by atoms with Crippen LogP contribution in [-0.2, 0) is 7.05 Å². The van der Waals surface area contributed by atoms with Crippen molar-refractivity contribution < 1.29 is 14.3 Å². The summed E-state index contributed by atoms with van der Waals surface area (Å²) in [7, 11) is 1.72. The Morgan fingerprint density at radius 2 is 2.29 bits per heavy atom. The monoisotopic (exact) mass is 400 g/mol. The van der Waals surface area contributed by atoms with Gasteiger partial charge in [-0.3, -0.25) is 14.5 Å². The van der Waals surface area contributed by atoms with Crippen LogP contribution in [0, 0.1) is 17.3 Å². The molecule has 1 amide bonds. The van der Waals surface area contributed by atoms with E-state index in [9.17, 15) is 14.3 Å². The summed E-state index contributed by atoms with van der Waals surface area (Å²) < 4.78 is 18.3. The zero-order valence-corrected chi connectivity index (χ0v) is 15.9. The summed E-state index contributed by atoms with van der Waals surface area (Å²) in [5.74, 6) is -1.33. The maximum atomic E-state index is 13.6. The van der Waals surface area contributed by atoms with Crippen LogP contribution >= 0.6 is 11.9 Å². The summed E-state index contributed by atoms with van der Waals surface area (Å²) in [6, 6.07) is 7.42. The number of fused-ring (bicyclic) bond motifs is 1. The first-order chi connectivity index (χ1) is 13.4. The molecule has 0 aliphatic heterocycles. The molecule has 8 nitrogen and oxygen atoms in total. The third kappa shape index (κ3) is 3.96. The van der Waals surface area contributed by atoms with Crippen molar-refractivity contribution in [3.8, 4) is 6.07 Å². The highest BCUT2D eigenvalue weighted by Gasteiger charge is 2.22. The van der Waals surface area contributed by atoms with Gasteiger partial charge in [-0.1, -0.05) is 0 Å². The van der Waals surface area contributed by atoms with Crippen LogP contribution in [0.15, 0.2) is 35.5 Å². The Morgan fingerprint density at radius 1 is 1.50 bits per heavy atom. The summed E-state index contributed by atoms with van der Waals surface area (Å²) in [4.78, 5) is 20.7. The van der Waals surface area contributed by atoms with E-state index in [0.29, 0.717) is 21.6 Å². The van der Waals surface area contributed by atoms with Gasteiger partial charge in [-0.25, -0.2) is 4.98 Å². The second-order valence-corrected chi connectivity index (χ2v) is 6.87. The molecule has 0 aliphatic rings. The lowest BCUT2D eigenvalue weighted by Crippen LogP contribution is -2.23. The molecule has 0 spiro atoms. The van der Waals surface area contributed by atoms with Crippen molar-refractivity contribution in [3.05, 3.63) is 47.8 Å². The van der Waals surface area contributed by atoms with Gasteiger partial charge >= 0.3 is 0 Å². The lowest BCUT2D eigenvalue weighted by atomic mass is 10.2. The summed E-state index contributed by atoms with van der Waals surface area (Å²) in [5, 5.41) is 22.0. The van der Waals surface area contributed by atoms with Crippen LogP contribution in [0.3, 0.4) is 0 Å². The highest BCUT2D eigenvalue weighted by atomic mass is 32.2. The van der Waals surface area contributed by atoms with Crippen molar-refractivity contribution in [1.82, 2.24) is 19.3 Å². The number of nitrogens with one attached hydrogen (secondary N) is 2. The molecule has 144 valence electrons. The number of hydrogen-bond donors (Lipinski definition) is 3. The molecule has 3 aromatic heterocycles. The maximum absolute atomic E-state index is 13.6. The highest BCUT2D eigenvalue weighted by Crippen LogP contribution is 2.30. The molecule has 3 rings (SSSR count). The van der Waals surface area contributed by atoms with Crippen LogP contribution in [0.25, 0.3) is 10.9 Å². The van der Waals surface area contributed by atoms with Crippen LogP contribution in [0.5, 0.6) is 0 Å². The number of halogens is 1. The maximum Gasteiger partial charge on any atom is 0.273 e. The minimum absolute atomic E-state index is 0.0367. The normalized spacial score (nSPS) is 12.0. The molecule has 0 radical (unpaired) electrons. The quantitative estimate of drug-likeness (QED) is 0.429. The molecule has 3 N–H and O–H groups in total. The second-order valence-electron chi connectivity index (χ2n) is 6.05. The van der Waals surface area contributed by atoms with Crippen LogP contribution in [-0.4, -0.2) is 38.2 Å². The number of aliphatic hydroxyl groups is 1. The molecular formula is C18H17FN6O2S. The van der Waals surface area contributed by atoms with Crippen molar-refractivity contribution in [3.63, 3.8) is 0 Å². The molecule has 10 heteroatoms. The SMILES string of the molecule is CC(CO)NSc1c2ncccc2c(C(=O)Nc2cc(F)nc(C#N)c2)n1C. The summed E-state index contributed by atoms with van der Waals surface area (Å²) in [6.07, 6.45) is 1.63. The molecule has 0 fully saturated rings. The standard InChI is InChI=1S/C18H17FN6O2S/c1-10(9-26)24-28-18-15-13(4-3-5-21-15)16(25(18)2)17(27)23-11-6-12(8-20)22-14(19)7-11/h3-7,10,24,26H,9H2,1-2H3,(H,22,23,27). The fraction of sp³-hybridized carbons (Fsp3) is 0.222. The van der Waals surface area contributed by atoms with Crippen LogP contribution in [0.2, 0.25) is 0 Å². The number of nitriles is 1. The first kappa shape index (κ1) is 19.8. The Labute approximate surface area is 164 Å². The third-order valence-corrected chi connectivity index (χ3v) is 5.10. The summed E-state index contributed by atoms with van der Waals surface area (Å²) in [5.41, 5.74) is 0.955. The summed E-state index contributed by atoms with van der Waals surface area (Å²) in [6.45, 7) is 1.79. The Bertz CT molecular complexity index is 1080. The lowest BCUT2D eigenvalue weighted by Gasteiger charge is -2.11. The molecule has 0 bridgehead atoms. The van der Waals surface area contributed by atoms with E-state index in [0.717, 1.165) is 6.07 Å². The minimum atomic E-state index is -0.855. The van der Waals surface area contributed by atoms with E-state index in [-0.39, 0.29) is 24.0 Å². The molecule has 1 unspecified atom stereocenters. The van der Waals surface area contributed by atoms with E-state index in [1.54, 1.807) is 36.0 Å². The number of amides is 1. The zero-order chi connectivity index (χ0) is 20.3. The predicted molar refractivity (Wildman–Crippen MR) is 103 cm³/mol. The average molecular weight is 400 g/mol. The number of hydrogen-bond acceptors (Lipinski definition) is 7. The lowest BCUT2D eigenvalue weighted by molar-refractivity contribution is 0.102. The first-order valence-corrected chi connectivity index (χ1v) is 9.12. The molecular weight excluding hydrogens is 383 g/mol. The second kappa shape index (κ2) is 8.35. The van der Waals surface area contributed by atoms with Crippen molar-refractivity contribution >= 4 is 34.4 Å². The molecule has 1 atom stereocenters. The number of aliphatic hydroxyl groups excluding tert-OH is 1. The van der Waals surface area contributed by atoms with E-state index < -0.39 is 11.9 Å². The van der Waals surface area contributed by atoms with Gasteiger partial charge in [-0.05, 0) is 37.1 Å². The largest absolute Gasteiger partial charge is 0.395 e. The molecule has 0 aromatic carbocycles. The minimum Gasteiger partial charge on any atom is -0.395 e. The Kier molecular flexibility index (Phi) is 5.89. The molecule has 28 heavy (non-hydrogen) atoms. The van der Waals surface area contributed by atoms with Gasteiger partial charge in [-0.15, -0.1) is 0 Å². The number of rotatable bonds is 6. The van der Waals surface area contributed by atoms with Gasteiger partial charge in [0, 0.05) is 36.4 Å². The van der Waals surface area contributed by atoms with Crippen LogP contribution in [0.4, 0.5) is 10.1 Å². The molecule has 0 saturated heterocycles.